The SMILES string of the molecule is Cc1[nH]nc(C(N)=O)c1NC(=O)C(C)(O)C(C)c1ccccc1. The second-order valence-corrected chi connectivity index (χ2v) is 5.67. The first-order chi connectivity index (χ1) is 10.7. The van der Waals surface area contributed by atoms with Gasteiger partial charge in [-0.15, -0.1) is 0 Å². The second kappa shape index (κ2) is 6.21. The fourth-order valence-corrected chi connectivity index (χ4v) is 2.26. The van der Waals surface area contributed by atoms with Crippen LogP contribution in [-0.2, 0) is 4.79 Å². The quantitative estimate of drug-likeness (QED) is 0.664. The van der Waals surface area contributed by atoms with Crippen LogP contribution >= 0.6 is 0 Å². The maximum absolute atomic E-state index is 12.5. The number of nitrogens with two attached hydrogens (primary N) is 1. The smallest absolute Gasteiger partial charge is 0.271 e. The van der Waals surface area contributed by atoms with Crippen LogP contribution in [0.25, 0.3) is 0 Å². The summed E-state index contributed by atoms with van der Waals surface area (Å²) in [6.45, 7) is 4.83. The number of aromatic amines is 1. The molecule has 23 heavy (non-hydrogen) atoms. The van der Waals surface area contributed by atoms with E-state index in [-0.39, 0.29) is 11.4 Å². The van der Waals surface area contributed by atoms with Gasteiger partial charge in [0.15, 0.2) is 5.69 Å². The lowest BCUT2D eigenvalue weighted by atomic mass is 9.84. The summed E-state index contributed by atoms with van der Waals surface area (Å²) in [6.07, 6.45) is 0. The molecule has 7 nitrogen and oxygen atoms in total. The average molecular weight is 316 g/mol. The highest BCUT2D eigenvalue weighted by atomic mass is 16.3. The summed E-state index contributed by atoms with van der Waals surface area (Å²) in [7, 11) is 0. The Balaban J connectivity index is 2.26. The highest BCUT2D eigenvalue weighted by Gasteiger charge is 2.38. The molecule has 5 N–H and O–H groups in total. The number of carbonyl (C=O) groups is 2. The van der Waals surface area contributed by atoms with Crippen LogP contribution in [0.15, 0.2) is 30.3 Å². The Labute approximate surface area is 133 Å². The highest BCUT2D eigenvalue weighted by molar-refractivity contribution is 6.04. The van der Waals surface area contributed by atoms with Crippen LogP contribution in [0, 0.1) is 6.92 Å². The average Bonchev–Trinajstić information content (AvgIpc) is 2.88. The molecule has 0 saturated carbocycles. The van der Waals surface area contributed by atoms with Crippen molar-refractivity contribution in [1.29, 1.82) is 0 Å². The lowest BCUT2D eigenvalue weighted by Crippen LogP contribution is -2.44. The van der Waals surface area contributed by atoms with Crippen molar-refractivity contribution >= 4 is 17.5 Å². The predicted octanol–water partition coefficient (Wildman–Crippen LogP) is 1.31. The summed E-state index contributed by atoms with van der Waals surface area (Å²) in [5.74, 6) is -1.85. The summed E-state index contributed by atoms with van der Waals surface area (Å²) in [5, 5.41) is 19.6. The normalized spacial score (nSPS) is 14.8. The molecule has 2 rings (SSSR count). The minimum absolute atomic E-state index is 0.0704. The molecule has 0 aliphatic rings. The standard InChI is InChI=1S/C16H20N4O3/c1-9(11-7-5-4-6-8-11)16(3,23)15(22)18-12-10(2)19-20-13(12)14(17)21/h4-9,23H,1-3H3,(H2,17,21)(H,18,22)(H,19,20). The first-order valence-corrected chi connectivity index (χ1v) is 7.18. The molecule has 2 amide bonds. The van der Waals surface area contributed by atoms with Gasteiger partial charge in [0.25, 0.3) is 11.8 Å². The molecular weight excluding hydrogens is 296 g/mol. The van der Waals surface area contributed by atoms with Crippen molar-refractivity contribution in [1.82, 2.24) is 10.2 Å². The van der Waals surface area contributed by atoms with Gasteiger partial charge in [0.05, 0.1) is 11.4 Å². The number of aliphatic hydroxyl groups is 1. The molecule has 0 radical (unpaired) electrons. The molecule has 0 fully saturated rings. The number of aromatic nitrogens is 2. The number of benzene rings is 1. The molecule has 7 heteroatoms. The number of H-pyrrole nitrogens is 1. The van der Waals surface area contributed by atoms with Gasteiger partial charge >= 0.3 is 0 Å². The Morgan fingerprint density at radius 2 is 1.96 bits per heavy atom. The zero-order chi connectivity index (χ0) is 17.2. The Kier molecular flexibility index (Phi) is 4.51. The van der Waals surface area contributed by atoms with Crippen LogP contribution in [0.1, 0.15) is 41.5 Å². The molecule has 1 heterocycles. The largest absolute Gasteiger partial charge is 0.380 e. The van der Waals surface area contributed by atoms with Crippen molar-refractivity contribution in [2.24, 2.45) is 5.73 Å². The highest BCUT2D eigenvalue weighted by Crippen LogP contribution is 2.29. The molecule has 1 aromatic heterocycles. The Morgan fingerprint density at radius 3 is 2.52 bits per heavy atom. The molecule has 122 valence electrons. The van der Waals surface area contributed by atoms with Gasteiger partial charge in [0.1, 0.15) is 5.60 Å². The lowest BCUT2D eigenvalue weighted by Gasteiger charge is -2.29. The number of hydrogen-bond acceptors (Lipinski definition) is 4. The number of primary amides is 1. The zero-order valence-corrected chi connectivity index (χ0v) is 13.3. The first kappa shape index (κ1) is 16.7. The summed E-state index contributed by atoms with van der Waals surface area (Å²) in [4.78, 5) is 23.9. The summed E-state index contributed by atoms with van der Waals surface area (Å²) in [6, 6.07) is 9.21. The number of hydrogen-bond donors (Lipinski definition) is 4. The number of nitrogens with zero attached hydrogens (tertiary/aromatic N) is 1. The summed E-state index contributed by atoms with van der Waals surface area (Å²) < 4.78 is 0. The monoisotopic (exact) mass is 316 g/mol. The summed E-state index contributed by atoms with van der Waals surface area (Å²) >= 11 is 0. The molecule has 2 unspecified atom stereocenters. The minimum atomic E-state index is -1.68. The van der Waals surface area contributed by atoms with Gasteiger partial charge < -0.3 is 16.2 Å². The molecule has 1 aromatic carbocycles. The van der Waals surface area contributed by atoms with E-state index in [0.717, 1.165) is 5.56 Å². The fourth-order valence-electron chi connectivity index (χ4n) is 2.26. The van der Waals surface area contributed by atoms with E-state index in [1.165, 1.54) is 6.92 Å². The number of nitrogens with one attached hydrogen (secondary N) is 2. The van der Waals surface area contributed by atoms with Crippen LogP contribution in [-0.4, -0.2) is 32.7 Å². The topological polar surface area (TPSA) is 121 Å². The number of anilines is 1. The third-order valence-corrected chi connectivity index (χ3v) is 4.02. The van der Waals surface area contributed by atoms with Gasteiger partial charge in [-0.25, -0.2) is 0 Å². The van der Waals surface area contributed by atoms with Gasteiger partial charge in [0.2, 0.25) is 0 Å². The number of amides is 2. The third-order valence-electron chi connectivity index (χ3n) is 4.02. The van der Waals surface area contributed by atoms with E-state index in [0.29, 0.717) is 5.69 Å². The van der Waals surface area contributed by atoms with E-state index in [9.17, 15) is 14.7 Å². The Bertz CT molecular complexity index is 722. The van der Waals surface area contributed by atoms with E-state index in [4.69, 9.17) is 5.73 Å². The molecule has 0 aliphatic carbocycles. The molecule has 2 aromatic rings. The molecule has 0 saturated heterocycles. The van der Waals surface area contributed by atoms with Crippen molar-refractivity contribution in [3.05, 3.63) is 47.3 Å². The Morgan fingerprint density at radius 1 is 1.35 bits per heavy atom. The summed E-state index contributed by atoms with van der Waals surface area (Å²) in [5.41, 5.74) is 4.97. The van der Waals surface area contributed by atoms with Gasteiger partial charge in [-0.2, -0.15) is 5.10 Å². The van der Waals surface area contributed by atoms with E-state index in [1.54, 1.807) is 13.8 Å². The molecule has 2 atom stereocenters. The first-order valence-electron chi connectivity index (χ1n) is 7.18. The van der Waals surface area contributed by atoms with Crippen molar-refractivity contribution < 1.29 is 14.7 Å². The Hall–Kier alpha value is -2.67. The van der Waals surface area contributed by atoms with E-state index in [1.807, 2.05) is 30.3 Å². The van der Waals surface area contributed by atoms with Gasteiger partial charge in [0, 0.05) is 5.92 Å². The van der Waals surface area contributed by atoms with Gasteiger partial charge in [-0.1, -0.05) is 37.3 Å². The lowest BCUT2D eigenvalue weighted by molar-refractivity contribution is -0.134. The third kappa shape index (κ3) is 3.24. The van der Waals surface area contributed by atoms with Crippen molar-refractivity contribution in [3.63, 3.8) is 0 Å². The van der Waals surface area contributed by atoms with Crippen molar-refractivity contribution in [2.45, 2.75) is 32.3 Å². The van der Waals surface area contributed by atoms with Gasteiger partial charge in [-0.05, 0) is 19.4 Å². The number of rotatable bonds is 5. The van der Waals surface area contributed by atoms with Crippen LogP contribution < -0.4 is 11.1 Å². The molecule has 0 bridgehead atoms. The fraction of sp³-hybridized carbons (Fsp3) is 0.312. The maximum atomic E-state index is 12.5. The minimum Gasteiger partial charge on any atom is -0.380 e. The number of carbonyl (C=O) groups excluding carboxylic acids is 2. The predicted molar refractivity (Wildman–Crippen MR) is 86.0 cm³/mol. The molecule has 0 spiro atoms. The van der Waals surface area contributed by atoms with Crippen LogP contribution in [0.5, 0.6) is 0 Å². The molecule has 0 aliphatic heterocycles. The van der Waals surface area contributed by atoms with E-state index >= 15 is 0 Å². The van der Waals surface area contributed by atoms with E-state index in [2.05, 4.69) is 15.5 Å². The van der Waals surface area contributed by atoms with Crippen molar-refractivity contribution in [3.8, 4) is 0 Å². The van der Waals surface area contributed by atoms with Crippen LogP contribution in [0.2, 0.25) is 0 Å². The number of aryl methyl sites for hydroxylation is 1. The molecular formula is C16H20N4O3. The second-order valence-electron chi connectivity index (χ2n) is 5.67. The van der Waals surface area contributed by atoms with Crippen LogP contribution in [0.4, 0.5) is 5.69 Å². The maximum Gasteiger partial charge on any atom is 0.271 e. The van der Waals surface area contributed by atoms with Crippen molar-refractivity contribution in [2.75, 3.05) is 5.32 Å². The van der Waals surface area contributed by atoms with E-state index < -0.39 is 23.3 Å². The zero-order valence-electron chi connectivity index (χ0n) is 13.3. The van der Waals surface area contributed by atoms with Crippen LogP contribution in [0.3, 0.4) is 0 Å². The van der Waals surface area contributed by atoms with Gasteiger partial charge in [-0.3, -0.25) is 14.7 Å².